The standard InChI is InChI=1S/C14H16O/c1-15-14-9-5-8-13(10-11-14)12-6-3-2-4-7-12/h2-6,8-12,14H,7H2,1H3. The van der Waals surface area contributed by atoms with Crippen LogP contribution in [0.4, 0.5) is 0 Å². The molecule has 0 heterocycles. The third-order valence-electron chi connectivity index (χ3n) is 2.75. The molecule has 0 saturated heterocycles. The molecule has 2 aliphatic rings. The molecule has 2 atom stereocenters. The summed E-state index contributed by atoms with van der Waals surface area (Å²) in [5.41, 5.74) is 1.35. The molecule has 1 nitrogen and oxygen atoms in total. The Morgan fingerprint density at radius 3 is 2.80 bits per heavy atom. The molecule has 2 rings (SSSR count). The average molecular weight is 200 g/mol. The van der Waals surface area contributed by atoms with Crippen molar-refractivity contribution in [3.63, 3.8) is 0 Å². The first kappa shape index (κ1) is 10.2. The number of methoxy groups -OCH3 is 1. The molecule has 15 heavy (non-hydrogen) atoms. The Labute approximate surface area is 91.1 Å². The molecule has 2 unspecified atom stereocenters. The molecule has 0 N–H and O–H groups in total. The van der Waals surface area contributed by atoms with Gasteiger partial charge in [-0.05, 0) is 12.0 Å². The summed E-state index contributed by atoms with van der Waals surface area (Å²) in [7, 11) is 1.73. The Morgan fingerprint density at radius 1 is 1.13 bits per heavy atom. The van der Waals surface area contributed by atoms with Gasteiger partial charge in [0.1, 0.15) is 0 Å². The number of rotatable bonds is 2. The van der Waals surface area contributed by atoms with E-state index in [0.717, 1.165) is 6.42 Å². The van der Waals surface area contributed by atoms with E-state index in [1.54, 1.807) is 7.11 Å². The van der Waals surface area contributed by atoms with Gasteiger partial charge in [-0.25, -0.2) is 0 Å². The van der Waals surface area contributed by atoms with E-state index in [0.29, 0.717) is 5.92 Å². The van der Waals surface area contributed by atoms with Crippen LogP contribution in [0.1, 0.15) is 6.42 Å². The lowest BCUT2D eigenvalue weighted by atomic mass is 9.92. The number of ether oxygens (including phenoxy) is 1. The fourth-order valence-electron chi connectivity index (χ4n) is 1.83. The SMILES string of the molecule is COC1C=CC=C(C2C=CC=CC2)C=C1. The fraction of sp³-hybridized carbons (Fsp3) is 0.286. The summed E-state index contributed by atoms with van der Waals surface area (Å²) in [6, 6.07) is 0. The third kappa shape index (κ3) is 2.57. The van der Waals surface area contributed by atoms with Crippen LogP contribution in [0, 0.1) is 5.92 Å². The van der Waals surface area contributed by atoms with Crippen molar-refractivity contribution < 1.29 is 4.74 Å². The highest BCUT2D eigenvalue weighted by atomic mass is 16.5. The summed E-state index contributed by atoms with van der Waals surface area (Å²) in [6.45, 7) is 0. The highest BCUT2D eigenvalue weighted by Crippen LogP contribution is 2.23. The van der Waals surface area contributed by atoms with Crippen molar-refractivity contribution in [3.05, 3.63) is 60.3 Å². The van der Waals surface area contributed by atoms with Gasteiger partial charge in [0.2, 0.25) is 0 Å². The van der Waals surface area contributed by atoms with Crippen molar-refractivity contribution in [1.82, 2.24) is 0 Å². The molecule has 0 saturated carbocycles. The van der Waals surface area contributed by atoms with E-state index in [1.807, 2.05) is 0 Å². The molecule has 0 amide bonds. The first-order valence-electron chi connectivity index (χ1n) is 5.33. The number of hydrogen-bond donors (Lipinski definition) is 0. The number of hydrogen-bond acceptors (Lipinski definition) is 1. The van der Waals surface area contributed by atoms with Crippen LogP contribution in [0.2, 0.25) is 0 Å². The Balaban J connectivity index is 2.11. The lowest BCUT2D eigenvalue weighted by Gasteiger charge is -2.13. The quantitative estimate of drug-likeness (QED) is 0.665. The molecule has 0 aromatic heterocycles. The van der Waals surface area contributed by atoms with Gasteiger partial charge in [0.05, 0.1) is 6.10 Å². The summed E-state index contributed by atoms with van der Waals surface area (Å²) < 4.78 is 5.27. The van der Waals surface area contributed by atoms with Gasteiger partial charge in [-0.1, -0.05) is 54.7 Å². The normalized spacial score (nSPS) is 29.0. The molecule has 0 spiro atoms. The maximum Gasteiger partial charge on any atom is 0.0939 e. The first-order valence-corrected chi connectivity index (χ1v) is 5.33. The molecule has 0 aromatic rings. The average Bonchev–Trinajstić information content (AvgIpc) is 2.55. The number of allylic oxidation sites excluding steroid dienone is 8. The molecule has 0 aliphatic heterocycles. The predicted molar refractivity (Wildman–Crippen MR) is 63.5 cm³/mol. The second-order valence-corrected chi connectivity index (χ2v) is 3.77. The minimum atomic E-state index is 0.113. The van der Waals surface area contributed by atoms with Gasteiger partial charge < -0.3 is 4.74 Å². The third-order valence-corrected chi connectivity index (χ3v) is 2.75. The van der Waals surface area contributed by atoms with Crippen molar-refractivity contribution in [2.24, 2.45) is 5.92 Å². The van der Waals surface area contributed by atoms with E-state index < -0.39 is 0 Å². The Bertz CT molecular complexity index is 356. The van der Waals surface area contributed by atoms with Crippen molar-refractivity contribution in [2.75, 3.05) is 7.11 Å². The van der Waals surface area contributed by atoms with E-state index in [1.165, 1.54) is 5.57 Å². The minimum absolute atomic E-state index is 0.113. The summed E-state index contributed by atoms with van der Waals surface area (Å²) in [4.78, 5) is 0. The highest BCUT2D eigenvalue weighted by molar-refractivity contribution is 5.35. The van der Waals surface area contributed by atoms with Crippen LogP contribution < -0.4 is 0 Å². The monoisotopic (exact) mass is 200 g/mol. The van der Waals surface area contributed by atoms with Crippen LogP contribution in [-0.2, 0) is 4.74 Å². The zero-order chi connectivity index (χ0) is 10.5. The summed E-state index contributed by atoms with van der Waals surface area (Å²) in [5.74, 6) is 0.520. The van der Waals surface area contributed by atoms with E-state index >= 15 is 0 Å². The summed E-state index contributed by atoms with van der Waals surface area (Å²) in [5, 5.41) is 0. The van der Waals surface area contributed by atoms with Crippen molar-refractivity contribution in [3.8, 4) is 0 Å². The van der Waals surface area contributed by atoms with E-state index in [2.05, 4.69) is 54.7 Å². The largest absolute Gasteiger partial charge is 0.373 e. The van der Waals surface area contributed by atoms with E-state index in [9.17, 15) is 0 Å². The zero-order valence-corrected chi connectivity index (χ0v) is 8.97. The van der Waals surface area contributed by atoms with Crippen molar-refractivity contribution in [1.29, 1.82) is 0 Å². The molecule has 2 aliphatic carbocycles. The molecule has 0 aromatic carbocycles. The van der Waals surface area contributed by atoms with Gasteiger partial charge in [0.15, 0.2) is 0 Å². The topological polar surface area (TPSA) is 9.23 Å². The lowest BCUT2D eigenvalue weighted by Crippen LogP contribution is -2.02. The lowest BCUT2D eigenvalue weighted by molar-refractivity contribution is 0.178. The maximum absolute atomic E-state index is 5.27. The Morgan fingerprint density at radius 2 is 2.07 bits per heavy atom. The van der Waals surface area contributed by atoms with Gasteiger partial charge in [-0.3, -0.25) is 0 Å². The van der Waals surface area contributed by atoms with Crippen LogP contribution in [0.3, 0.4) is 0 Å². The van der Waals surface area contributed by atoms with Gasteiger partial charge in [-0.15, -0.1) is 0 Å². The van der Waals surface area contributed by atoms with Crippen LogP contribution in [-0.4, -0.2) is 13.2 Å². The second kappa shape index (κ2) is 4.94. The van der Waals surface area contributed by atoms with Crippen molar-refractivity contribution >= 4 is 0 Å². The zero-order valence-electron chi connectivity index (χ0n) is 8.97. The molecule has 0 fully saturated rings. The molecule has 78 valence electrons. The van der Waals surface area contributed by atoms with Crippen LogP contribution in [0.5, 0.6) is 0 Å². The van der Waals surface area contributed by atoms with Crippen LogP contribution in [0.25, 0.3) is 0 Å². The Kier molecular flexibility index (Phi) is 3.36. The second-order valence-electron chi connectivity index (χ2n) is 3.77. The molecular formula is C14H16O. The Hall–Kier alpha value is -1.34. The summed E-state index contributed by atoms with van der Waals surface area (Å²) >= 11 is 0. The van der Waals surface area contributed by atoms with Crippen LogP contribution >= 0.6 is 0 Å². The summed E-state index contributed by atoms with van der Waals surface area (Å²) in [6.07, 6.45) is 20.5. The van der Waals surface area contributed by atoms with Gasteiger partial charge in [0, 0.05) is 13.0 Å². The highest BCUT2D eigenvalue weighted by Gasteiger charge is 2.10. The van der Waals surface area contributed by atoms with Gasteiger partial charge >= 0.3 is 0 Å². The van der Waals surface area contributed by atoms with Crippen molar-refractivity contribution in [2.45, 2.75) is 12.5 Å². The molecule has 0 bridgehead atoms. The van der Waals surface area contributed by atoms with E-state index in [4.69, 9.17) is 4.74 Å². The fourth-order valence-corrected chi connectivity index (χ4v) is 1.83. The van der Waals surface area contributed by atoms with Gasteiger partial charge in [0.25, 0.3) is 0 Å². The molecule has 1 heteroatoms. The predicted octanol–water partition coefficient (Wildman–Crippen LogP) is 3.19. The smallest absolute Gasteiger partial charge is 0.0939 e. The van der Waals surface area contributed by atoms with Gasteiger partial charge in [-0.2, -0.15) is 0 Å². The minimum Gasteiger partial charge on any atom is -0.373 e. The van der Waals surface area contributed by atoms with Crippen LogP contribution in [0.15, 0.2) is 60.3 Å². The maximum atomic E-state index is 5.27. The van der Waals surface area contributed by atoms with E-state index in [-0.39, 0.29) is 6.10 Å². The molecule has 0 radical (unpaired) electrons. The molecular weight excluding hydrogens is 184 g/mol. The first-order chi connectivity index (χ1) is 7.40.